The van der Waals surface area contributed by atoms with Gasteiger partial charge in [0.2, 0.25) is 0 Å². The van der Waals surface area contributed by atoms with Crippen LogP contribution < -0.4 is 4.74 Å². The van der Waals surface area contributed by atoms with E-state index in [4.69, 9.17) is 9.47 Å². The molecule has 30 heavy (non-hydrogen) atoms. The number of ether oxygens (including phenoxy) is 2. The summed E-state index contributed by atoms with van der Waals surface area (Å²) in [6.45, 7) is 4.10. The Bertz CT molecular complexity index is 979. The number of para-hydroxylation sites is 1. The van der Waals surface area contributed by atoms with Crippen LogP contribution in [0.2, 0.25) is 0 Å². The number of benzene rings is 3. The van der Waals surface area contributed by atoms with Crippen LogP contribution in [0.1, 0.15) is 25.0 Å². The van der Waals surface area contributed by atoms with Gasteiger partial charge in [0.25, 0.3) is 0 Å². The highest BCUT2D eigenvalue weighted by Crippen LogP contribution is 2.23. The van der Waals surface area contributed by atoms with Crippen molar-refractivity contribution in [2.75, 3.05) is 0 Å². The molecule has 3 nitrogen and oxygen atoms in total. The van der Waals surface area contributed by atoms with Crippen LogP contribution >= 0.6 is 0 Å². The van der Waals surface area contributed by atoms with E-state index in [1.165, 1.54) is 12.1 Å². The van der Waals surface area contributed by atoms with Crippen LogP contribution in [-0.2, 0) is 16.1 Å². The molecule has 0 aliphatic rings. The third kappa shape index (κ3) is 6.31. The highest BCUT2D eigenvalue weighted by Gasteiger charge is 2.21. The second-order valence-electron chi connectivity index (χ2n) is 7.35. The second kappa shape index (κ2) is 10.4. The van der Waals surface area contributed by atoms with Crippen molar-refractivity contribution in [2.45, 2.75) is 20.5 Å². The zero-order chi connectivity index (χ0) is 21.3. The maximum atomic E-state index is 13.0. The Morgan fingerprint density at radius 2 is 1.63 bits per heavy atom. The first kappa shape index (κ1) is 21.3. The van der Waals surface area contributed by atoms with Crippen LogP contribution in [0.3, 0.4) is 0 Å². The molecule has 3 aromatic rings. The fourth-order valence-corrected chi connectivity index (χ4v) is 2.94. The topological polar surface area (TPSA) is 35.5 Å². The number of hydrogen-bond acceptors (Lipinski definition) is 3. The lowest BCUT2D eigenvalue weighted by atomic mass is 9.95. The molecular weight excluding hydrogens is 379 g/mol. The average molecular weight is 404 g/mol. The lowest BCUT2D eigenvalue weighted by Gasteiger charge is -2.16. The summed E-state index contributed by atoms with van der Waals surface area (Å²) in [7, 11) is 0. The average Bonchev–Trinajstić information content (AvgIpc) is 2.74. The number of carbonyl (C=O) groups is 1. The Morgan fingerprint density at radius 1 is 0.933 bits per heavy atom. The smallest absolute Gasteiger partial charge is 0.313 e. The van der Waals surface area contributed by atoms with Crippen molar-refractivity contribution in [1.82, 2.24) is 0 Å². The Hall–Kier alpha value is -3.40. The summed E-state index contributed by atoms with van der Waals surface area (Å²) < 4.78 is 24.4. The molecular formula is C26H25FO3. The lowest BCUT2D eigenvalue weighted by molar-refractivity contribution is -0.149. The van der Waals surface area contributed by atoms with Crippen molar-refractivity contribution in [3.63, 3.8) is 0 Å². The van der Waals surface area contributed by atoms with Crippen LogP contribution in [0.25, 0.3) is 6.08 Å². The molecule has 0 bridgehead atoms. The monoisotopic (exact) mass is 404 g/mol. The molecule has 0 aromatic heterocycles. The van der Waals surface area contributed by atoms with Crippen LogP contribution in [0, 0.1) is 17.7 Å². The van der Waals surface area contributed by atoms with Crippen molar-refractivity contribution >= 4 is 12.0 Å². The molecule has 0 aliphatic carbocycles. The molecule has 1 unspecified atom stereocenters. The van der Waals surface area contributed by atoms with Gasteiger partial charge in [0.05, 0.1) is 5.92 Å². The fourth-order valence-electron chi connectivity index (χ4n) is 2.94. The van der Waals surface area contributed by atoms with E-state index in [9.17, 15) is 9.18 Å². The van der Waals surface area contributed by atoms with Gasteiger partial charge in [-0.2, -0.15) is 0 Å². The highest BCUT2D eigenvalue weighted by atomic mass is 19.1. The first-order valence-corrected chi connectivity index (χ1v) is 9.93. The zero-order valence-corrected chi connectivity index (χ0v) is 17.1. The van der Waals surface area contributed by atoms with Gasteiger partial charge in [0, 0.05) is 0 Å². The van der Waals surface area contributed by atoms with Crippen molar-refractivity contribution in [3.8, 4) is 11.5 Å². The normalized spacial score (nSPS) is 12.1. The molecule has 0 heterocycles. The number of hydrogen-bond donors (Lipinski definition) is 0. The Morgan fingerprint density at radius 3 is 2.33 bits per heavy atom. The third-order valence-corrected chi connectivity index (χ3v) is 4.61. The Labute approximate surface area is 176 Å². The van der Waals surface area contributed by atoms with E-state index in [0.29, 0.717) is 5.75 Å². The van der Waals surface area contributed by atoms with E-state index >= 15 is 0 Å². The highest BCUT2D eigenvalue weighted by molar-refractivity contribution is 5.76. The van der Waals surface area contributed by atoms with E-state index in [1.807, 2.05) is 80.6 Å². The fraction of sp³-hybridized carbons (Fsp3) is 0.192. The van der Waals surface area contributed by atoms with Crippen LogP contribution in [0.15, 0.2) is 84.9 Å². The predicted molar refractivity (Wildman–Crippen MR) is 117 cm³/mol. The van der Waals surface area contributed by atoms with Crippen LogP contribution in [0.4, 0.5) is 4.39 Å². The summed E-state index contributed by atoms with van der Waals surface area (Å²) in [5.41, 5.74) is 1.68. The van der Waals surface area contributed by atoms with Crippen molar-refractivity contribution < 1.29 is 18.7 Å². The molecule has 0 aliphatic heterocycles. The van der Waals surface area contributed by atoms with E-state index in [1.54, 1.807) is 12.1 Å². The molecule has 0 radical (unpaired) electrons. The van der Waals surface area contributed by atoms with E-state index in [2.05, 4.69) is 0 Å². The molecule has 3 aromatic carbocycles. The van der Waals surface area contributed by atoms with Gasteiger partial charge in [-0.05, 0) is 53.4 Å². The number of carbonyl (C=O) groups excluding carboxylic acids is 1. The molecule has 3 rings (SSSR count). The summed E-state index contributed by atoms with van der Waals surface area (Å²) in [5.74, 6) is 0.535. The van der Waals surface area contributed by atoms with Crippen LogP contribution in [-0.4, -0.2) is 5.97 Å². The molecule has 4 heteroatoms. The van der Waals surface area contributed by atoms with Crippen molar-refractivity contribution in [2.24, 2.45) is 11.8 Å². The Kier molecular flexibility index (Phi) is 7.39. The number of rotatable bonds is 8. The quantitative estimate of drug-likeness (QED) is 0.395. The second-order valence-corrected chi connectivity index (χ2v) is 7.35. The maximum Gasteiger partial charge on any atom is 0.313 e. The summed E-state index contributed by atoms with van der Waals surface area (Å²) >= 11 is 0. The summed E-state index contributed by atoms with van der Waals surface area (Å²) in [4.78, 5) is 12.6. The summed E-state index contributed by atoms with van der Waals surface area (Å²) in [5, 5.41) is 0. The maximum absolute atomic E-state index is 13.0. The predicted octanol–water partition coefficient (Wildman–Crippen LogP) is 6.65. The molecule has 0 saturated carbocycles. The van der Waals surface area contributed by atoms with Gasteiger partial charge in [-0.3, -0.25) is 4.79 Å². The minimum atomic E-state index is -0.390. The summed E-state index contributed by atoms with van der Waals surface area (Å²) in [6.07, 6.45) is 3.63. The Balaban J connectivity index is 1.61. The molecule has 0 saturated heterocycles. The van der Waals surface area contributed by atoms with Crippen molar-refractivity contribution in [3.05, 3.63) is 102 Å². The molecule has 0 amide bonds. The van der Waals surface area contributed by atoms with Gasteiger partial charge in [0.15, 0.2) is 0 Å². The molecule has 0 spiro atoms. The first-order valence-electron chi connectivity index (χ1n) is 9.93. The standard InChI is InChI=1S/C26H25FO3/c1-19(2)25(16-13-20-11-14-22(27)15-12-20)26(28)29-18-21-7-6-10-24(17-21)30-23-8-4-3-5-9-23/h3-17,19,25H,18H2,1-2H3. The van der Waals surface area contributed by atoms with Gasteiger partial charge >= 0.3 is 5.97 Å². The third-order valence-electron chi connectivity index (χ3n) is 4.61. The van der Waals surface area contributed by atoms with Gasteiger partial charge in [-0.25, -0.2) is 4.39 Å². The van der Waals surface area contributed by atoms with Gasteiger partial charge in [-0.1, -0.05) is 68.5 Å². The van der Waals surface area contributed by atoms with Gasteiger partial charge in [0.1, 0.15) is 23.9 Å². The van der Waals surface area contributed by atoms with E-state index in [0.717, 1.165) is 16.9 Å². The molecule has 0 N–H and O–H groups in total. The number of esters is 1. The van der Waals surface area contributed by atoms with Crippen molar-refractivity contribution in [1.29, 1.82) is 0 Å². The van der Waals surface area contributed by atoms with Crippen LogP contribution in [0.5, 0.6) is 11.5 Å². The van der Waals surface area contributed by atoms with Gasteiger partial charge in [-0.15, -0.1) is 0 Å². The first-order chi connectivity index (χ1) is 14.5. The SMILES string of the molecule is CC(C)C(C=Cc1ccc(F)cc1)C(=O)OCc1cccc(Oc2ccccc2)c1. The minimum absolute atomic E-state index is 0.0712. The largest absolute Gasteiger partial charge is 0.460 e. The lowest BCUT2D eigenvalue weighted by Crippen LogP contribution is -2.20. The molecule has 1 atom stereocenters. The molecule has 0 fully saturated rings. The zero-order valence-electron chi connectivity index (χ0n) is 17.1. The number of halogens is 1. The summed E-state index contributed by atoms with van der Waals surface area (Å²) in [6, 6.07) is 23.1. The molecule has 154 valence electrons. The van der Waals surface area contributed by atoms with Gasteiger partial charge < -0.3 is 9.47 Å². The van der Waals surface area contributed by atoms with E-state index in [-0.39, 0.29) is 30.2 Å². The van der Waals surface area contributed by atoms with E-state index < -0.39 is 0 Å². The minimum Gasteiger partial charge on any atom is -0.460 e.